The number of hydrogen-bond acceptors (Lipinski definition) is 5. The van der Waals surface area contributed by atoms with E-state index in [1.165, 1.54) is 0 Å². The topological polar surface area (TPSA) is 86.2 Å². The van der Waals surface area contributed by atoms with Gasteiger partial charge in [0.15, 0.2) is 5.65 Å². The highest BCUT2D eigenvalue weighted by Crippen LogP contribution is 2.24. The molecule has 1 saturated carbocycles. The van der Waals surface area contributed by atoms with Gasteiger partial charge in [-0.15, -0.1) is 5.10 Å². The summed E-state index contributed by atoms with van der Waals surface area (Å²) < 4.78 is 1.80. The molecule has 6 heteroatoms. The van der Waals surface area contributed by atoms with Crippen LogP contribution in [0.3, 0.4) is 0 Å². The van der Waals surface area contributed by atoms with Crippen LogP contribution in [0.1, 0.15) is 31.2 Å². The molecule has 2 aromatic heterocycles. The number of nitrogens with zero attached hydrogens (tertiary/aromatic N) is 4. The van der Waals surface area contributed by atoms with Crippen LogP contribution < -0.4 is 5.32 Å². The second kappa shape index (κ2) is 6.54. The van der Waals surface area contributed by atoms with Crippen LogP contribution in [0.4, 0.5) is 5.82 Å². The summed E-state index contributed by atoms with van der Waals surface area (Å²) in [5, 5.41) is 26.9. The van der Waals surface area contributed by atoms with Gasteiger partial charge in [0.2, 0.25) is 0 Å². The Morgan fingerprint density at radius 2 is 2.00 bits per heavy atom. The van der Waals surface area contributed by atoms with Crippen molar-refractivity contribution in [3.63, 3.8) is 0 Å². The second-order valence-electron chi connectivity index (χ2n) is 6.47. The molecule has 0 spiro atoms. The van der Waals surface area contributed by atoms with Crippen LogP contribution in [0.5, 0.6) is 0 Å². The van der Waals surface area contributed by atoms with Crippen molar-refractivity contribution in [2.45, 2.75) is 37.8 Å². The largest absolute Gasteiger partial charge is 0.393 e. The van der Waals surface area contributed by atoms with E-state index < -0.39 is 0 Å². The maximum absolute atomic E-state index is 9.63. The van der Waals surface area contributed by atoms with Crippen LogP contribution in [0.15, 0.2) is 42.6 Å². The lowest BCUT2D eigenvalue weighted by atomic mass is 9.93. The Morgan fingerprint density at radius 1 is 1.16 bits per heavy atom. The van der Waals surface area contributed by atoms with Gasteiger partial charge < -0.3 is 10.4 Å². The summed E-state index contributed by atoms with van der Waals surface area (Å²) in [7, 11) is 0. The molecule has 126 valence electrons. The van der Waals surface area contributed by atoms with Gasteiger partial charge in [-0.1, -0.05) is 12.1 Å². The van der Waals surface area contributed by atoms with Gasteiger partial charge in [0.25, 0.3) is 0 Å². The number of nitriles is 1. The zero-order valence-corrected chi connectivity index (χ0v) is 13.8. The number of rotatable bonds is 3. The molecule has 2 N–H and O–H groups in total. The quantitative estimate of drug-likeness (QED) is 0.769. The lowest BCUT2D eigenvalue weighted by Crippen LogP contribution is -2.28. The average molecular weight is 333 g/mol. The van der Waals surface area contributed by atoms with Gasteiger partial charge >= 0.3 is 0 Å². The number of imidazole rings is 1. The maximum atomic E-state index is 9.63. The molecule has 1 aliphatic rings. The average Bonchev–Trinajstić information content (AvgIpc) is 3.07. The molecule has 3 aromatic rings. The number of aromatic nitrogens is 3. The number of hydrogen-bond donors (Lipinski definition) is 2. The van der Waals surface area contributed by atoms with E-state index in [9.17, 15) is 5.11 Å². The Bertz CT molecular complexity index is 934. The lowest BCUT2D eigenvalue weighted by molar-refractivity contribution is 0.126. The van der Waals surface area contributed by atoms with Crippen molar-refractivity contribution in [1.29, 1.82) is 5.26 Å². The lowest BCUT2D eigenvalue weighted by Gasteiger charge is -2.26. The summed E-state index contributed by atoms with van der Waals surface area (Å²) in [6, 6.07) is 13.8. The van der Waals surface area contributed by atoms with E-state index >= 15 is 0 Å². The minimum absolute atomic E-state index is 0.166. The maximum Gasteiger partial charge on any atom is 0.154 e. The zero-order chi connectivity index (χ0) is 17.2. The van der Waals surface area contributed by atoms with E-state index in [0.717, 1.165) is 48.4 Å². The molecule has 25 heavy (non-hydrogen) atoms. The fourth-order valence-electron chi connectivity index (χ4n) is 3.32. The number of aliphatic hydroxyl groups excluding tert-OH is 1. The number of aliphatic hydroxyl groups is 1. The Hall–Kier alpha value is -2.91. The number of anilines is 1. The fourth-order valence-corrected chi connectivity index (χ4v) is 3.32. The van der Waals surface area contributed by atoms with E-state index in [4.69, 9.17) is 5.26 Å². The van der Waals surface area contributed by atoms with Gasteiger partial charge in [-0.2, -0.15) is 5.26 Å². The molecule has 0 atom stereocenters. The van der Waals surface area contributed by atoms with Gasteiger partial charge in [-0.25, -0.2) is 9.50 Å². The molecule has 4 rings (SSSR count). The first kappa shape index (κ1) is 15.6. The minimum Gasteiger partial charge on any atom is -0.393 e. The smallest absolute Gasteiger partial charge is 0.154 e. The van der Waals surface area contributed by atoms with Gasteiger partial charge in [-0.05, 0) is 49.9 Å². The Morgan fingerprint density at radius 3 is 2.80 bits per heavy atom. The third kappa shape index (κ3) is 3.19. The van der Waals surface area contributed by atoms with Crippen LogP contribution >= 0.6 is 0 Å². The third-order valence-electron chi connectivity index (χ3n) is 4.70. The predicted molar refractivity (Wildman–Crippen MR) is 95.0 cm³/mol. The monoisotopic (exact) mass is 333 g/mol. The Kier molecular flexibility index (Phi) is 4.08. The fraction of sp³-hybridized carbons (Fsp3) is 0.316. The van der Waals surface area contributed by atoms with Crippen molar-refractivity contribution < 1.29 is 5.11 Å². The first-order chi connectivity index (χ1) is 12.2. The van der Waals surface area contributed by atoms with Crippen LogP contribution in [-0.2, 0) is 0 Å². The summed E-state index contributed by atoms with van der Waals surface area (Å²) in [6.07, 6.45) is 5.17. The van der Waals surface area contributed by atoms with Crippen LogP contribution in [-0.4, -0.2) is 31.9 Å². The van der Waals surface area contributed by atoms with E-state index in [1.54, 1.807) is 16.8 Å². The zero-order valence-electron chi connectivity index (χ0n) is 13.8. The number of nitrogens with one attached hydrogen (secondary N) is 1. The standard InChI is InChI=1S/C19H19N5O/c20-11-13-2-1-3-14(10-13)17-12-21-19-9-8-18(23-24(17)19)22-15-4-6-16(25)7-5-15/h1-3,8-10,12,15-16,25H,4-7H2,(H,22,23)/t15-,16+. The molecule has 1 fully saturated rings. The van der Waals surface area contributed by atoms with Crippen molar-refractivity contribution in [3.8, 4) is 17.3 Å². The van der Waals surface area contributed by atoms with Crippen LogP contribution in [0.2, 0.25) is 0 Å². The summed E-state index contributed by atoms with van der Waals surface area (Å²) >= 11 is 0. The molecule has 0 amide bonds. The summed E-state index contributed by atoms with van der Waals surface area (Å²) in [6.45, 7) is 0. The molecule has 0 radical (unpaired) electrons. The third-order valence-corrected chi connectivity index (χ3v) is 4.70. The molecule has 1 aliphatic carbocycles. The first-order valence-corrected chi connectivity index (χ1v) is 8.53. The first-order valence-electron chi connectivity index (χ1n) is 8.53. The van der Waals surface area contributed by atoms with Gasteiger partial charge in [-0.3, -0.25) is 0 Å². The van der Waals surface area contributed by atoms with Crippen LogP contribution in [0, 0.1) is 11.3 Å². The van der Waals surface area contributed by atoms with E-state index in [-0.39, 0.29) is 6.10 Å². The SMILES string of the molecule is N#Cc1cccc(-c2cnc3ccc(N[C@H]4CC[C@@H](O)CC4)nn23)c1. The normalized spacial score (nSPS) is 20.3. The molecular formula is C19H19N5O. The second-order valence-corrected chi connectivity index (χ2v) is 6.47. The van der Waals surface area contributed by atoms with Crippen molar-refractivity contribution in [1.82, 2.24) is 14.6 Å². The van der Waals surface area contributed by atoms with Gasteiger partial charge in [0, 0.05) is 11.6 Å². The molecule has 0 aliphatic heterocycles. The summed E-state index contributed by atoms with van der Waals surface area (Å²) in [4.78, 5) is 4.41. The Labute approximate surface area is 145 Å². The van der Waals surface area contributed by atoms with Crippen LogP contribution in [0.25, 0.3) is 16.9 Å². The van der Waals surface area contributed by atoms with E-state index in [1.807, 2.05) is 30.3 Å². The van der Waals surface area contributed by atoms with Crippen molar-refractivity contribution in [2.75, 3.05) is 5.32 Å². The van der Waals surface area contributed by atoms with Gasteiger partial charge in [0.1, 0.15) is 5.82 Å². The summed E-state index contributed by atoms with van der Waals surface area (Å²) in [5.41, 5.74) is 3.15. The highest BCUT2D eigenvalue weighted by Gasteiger charge is 2.19. The molecule has 0 saturated heterocycles. The molecule has 0 unspecified atom stereocenters. The Balaban J connectivity index is 1.64. The number of fused-ring (bicyclic) bond motifs is 1. The van der Waals surface area contributed by atoms with Crippen molar-refractivity contribution >= 4 is 11.5 Å². The number of benzene rings is 1. The molecule has 2 heterocycles. The molecular weight excluding hydrogens is 314 g/mol. The summed E-state index contributed by atoms with van der Waals surface area (Å²) in [5.74, 6) is 0.796. The van der Waals surface area contributed by atoms with Crippen molar-refractivity contribution in [3.05, 3.63) is 48.2 Å². The molecule has 0 bridgehead atoms. The molecule has 6 nitrogen and oxygen atoms in total. The highest BCUT2D eigenvalue weighted by molar-refractivity contribution is 5.65. The highest BCUT2D eigenvalue weighted by atomic mass is 16.3. The van der Waals surface area contributed by atoms with Gasteiger partial charge in [0.05, 0.1) is 29.6 Å². The van der Waals surface area contributed by atoms with E-state index in [2.05, 4.69) is 21.5 Å². The van der Waals surface area contributed by atoms with E-state index in [0.29, 0.717) is 11.6 Å². The predicted octanol–water partition coefficient (Wildman–Crippen LogP) is 2.98. The molecule has 1 aromatic carbocycles. The van der Waals surface area contributed by atoms with Crippen molar-refractivity contribution in [2.24, 2.45) is 0 Å². The minimum atomic E-state index is -0.166.